The van der Waals surface area contributed by atoms with Crippen LogP contribution in [-0.2, 0) is 0 Å². The van der Waals surface area contributed by atoms with E-state index in [9.17, 15) is 4.79 Å². The zero-order chi connectivity index (χ0) is 16.5. The minimum absolute atomic E-state index is 0.497. The van der Waals surface area contributed by atoms with Crippen molar-refractivity contribution in [1.29, 1.82) is 0 Å². The van der Waals surface area contributed by atoms with E-state index in [-0.39, 0.29) is 0 Å². The van der Waals surface area contributed by atoms with E-state index in [1.807, 2.05) is 18.2 Å². The number of carbonyl (C=O) groups is 1. The van der Waals surface area contributed by atoms with Gasteiger partial charge < -0.3 is 14.9 Å². The Bertz CT molecular complexity index is 873. The van der Waals surface area contributed by atoms with E-state index < -0.39 is 6.09 Å². The topological polar surface area (TPSA) is 69.6 Å². The van der Waals surface area contributed by atoms with Crippen LogP contribution in [0.25, 0.3) is 20.7 Å². The normalized spacial score (nSPS) is 15.0. The Hall–Kier alpha value is -2.67. The van der Waals surface area contributed by atoms with Gasteiger partial charge in [-0.1, -0.05) is 30.3 Å². The molecule has 3 aromatic rings. The molecule has 122 valence electrons. The Kier molecular flexibility index (Phi) is 3.78. The van der Waals surface area contributed by atoms with Crippen molar-refractivity contribution in [2.75, 3.05) is 31.1 Å². The molecule has 3 heterocycles. The van der Waals surface area contributed by atoms with E-state index >= 15 is 0 Å². The SMILES string of the molecule is O=C(O)N1CCN(c2ncnc3sc(-c4ccccc4)cc23)CC1. The van der Waals surface area contributed by atoms with Crippen LogP contribution >= 0.6 is 11.3 Å². The molecule has 0 radical (unpaired) electrons. The molecule has 1 aliphatic heterocycles. The number of nitrogens with zero attached hydrogens (tertiary/aromatic N) is 4. The number of aromatic nitrogens is 2. The largest absolute Gasteiger partial charge is 0.465 e. The van der Waals surface area contributed by atoms with E-state index in [1.54, 1.807) is 17.7 Å². The molecule has 6 nitrogen and oxygen atoms in total. The van der Waals surface area contributed by atoms with Crippen LogP contribution in [0.3, 0.4) is 0 Å². The molecule has 2 aromatic heterocycles. The summed E-state index contributed by atoms with van der Waals surface area (Å²) in [6.07, 6.45) is 0.733. The summed E-state index contributed by atoms with van der Waals surface area (Å²) in [7, 11) is 0. The van der Waals surface area contributed by atoms with Crippen LogP contribution in [0, 0.1) is 0 Å². The molecule has 0 spiro atoms. The quantitative estimate of drug-likeness (QED) is 0.776. The molecule has 1 aromatic carbocycles. The third-order valence-corrected chi connectivity index (χ3v) is 5.31. The van der Waals surface area contributed by atoms with Crippen LogP contribution in [0.5, 0.6) is 0 Å². The maximum Gasteiger partial charge on any atom is 0.407 e. The average molecular weight is 340 g/mol. The van der Waals surface area contributed by atoms with Crippen molar-refractivity contribution < 1.29 is 9.90 Å². The van der Waals surface area contributed by atoms with Gasteiger partial charge in [-0.2, -0.15) is 0 Å². The van der Waals surface area contributed by atoms with Crippen LogP contribution in [-0.4, -0.2) is 52.2 Å². The Morgan fingerprint density at radius 2 is 1.83 bits per heavy atom. The molecule has 1 saturated heterocycles. The van der Waals surface area contributed by atoms with Gasteiger partial charge in [-0.05, 0) is 11.6 Å². The highest BCUT2D eigenvalue weighted by Crippen LogP contribution is 2.36. The van der Waals surface area contributed by atoms with E-state index in [2.05, 4.69) is 33.1 Å². The maximum atomic E-state index is 11.1. The second kappa shape index (κ2) is 6.09. The lowest BCUT2D eigenvalue weighted by molar-refractivity contribution is 0.142. The first-order valence-electron chi connectivity index (χ1n) is 7.75. The van der Waals surface area contributed by atoms with Crippen LogP contribution in [0.4, 0.5) is 10.6 Å². The summed E-state index contributed by atoms with van der Waals surface area (Å²) in [6, 6.07) is 12.4. The van der Waals surface area contributed by atoms with Gasteiger partial charge in [-0.15, -0.1) is 11.3 Å². The second-order valence-electron chi connectivity index (χ2n) is 5.65. The van der Waals surface area contributed by atoms with Gasteiger partial charge in [0, 0.05) is 31.1 Å². The number of fused-ring (bicyclic) bond motifs is 1. The predicted octanol–water partition coefficient (Wildman–Crippen LogP) is 3.16. The summed E-state index contributed by atoms with van der Waals surface area (Å²) in [5.74, 6) is 0.892. The number of benzene rings is 1. The molecule has 24 heavy (non-hydrogen) atoms. The van der Waals surface area contributed by atoms with Gasteiger partial charge >= 0.3 is 6.09 Å². The van der Waals surface area contributed by atoms with E-state index in [0.717, 1.165) is 20.9 Å². The van der Waals surface area contributed by atoms with E-state index in [0.29, 0.717) is 26.2 Å². The summed E-state index contributed by atoms with van der Waals surface area (Å²) in [5.41, 5.74) is 1.17. The first kappa shape index (κ1) is 14.9. The Labute approximate surface area is 143 Å². The summed E-state index contributed by atoms with van der Waals surface area (Å²) < 4.78 is 0. The molecule has 1 fully saturated rings. The van der Waals surface area contributed by atoms with Crippen LogP contribution in [0.1, 0.15) is 0 Å². The van der Waals surface area contributed by atoms with Gasteiger partial charge in [-0.3, -0.25) is 0 Å². The molecule has 0 aliphatic carbocycles. The molecule has 0 bridgehead atoms. The number of amides is 1. The van der Waals surface area contributed by atoms with Gasteiger partial charge in [0.2, 0.25) is 0 Å². The van der Waals surface area contributed by atoms with E-state index in [1.165, 1.54) is 10.5 Å². The Balaban J connectivity index is 1.67. The number of rotatable bonds is 2. The summed E-state index contributed by atoms with van der Waals surface area (Å²) in [6.45, 7) is 2.29. The molecule has 1 amide bonds. The lowest BCUT2D eigenvalue weighted by atomic mass is 10.2. The average Bonchev–Trinajstić information content (AvgIpc) is 3.07. The maximum absolute atomic E-state index is 11.1. The van der Waals surface area contributed by atoms with Crippen LogP contribution < -0.4 is 4.90 Å². The van der Waals surface area contributed by atoms with Crippen LogP contribution in [0.15, 0.2) is 42.7 Å². The summed E-state index contributed by atoms with van der Waals surface area (Å²) in [5, 5.41) is 10.1. The molecule has 4 rings (SSSR count). The monoisotopic (exact) mass is 340 g/mol. The van der Waals surface area contributed by atoms with Gasteiger partial charge in [0.25, 0.3) is 0 Å². The smallest absolute Gasteiger partial charge is 0.407 e. The van der Waals surface area contributed by atoms with Crippen molar-refractivity contribution in [1.82, 2.24) is 14.9 Å². The molecular formula is C17H16N4O2S. The highest BCUT2D eigenvalue weighted by atomic mass is 32.1. The molecule has 0 saturated carbocycles. The fraction of sp³-hybridized carbons (Fsp3) is 0.235. The van der Waals surface area contributed by atoms with Crippen molar-refractivity contribution in [3.05, 3.63) is 42.7 Å². The predicted molar refractivity (Wildman–Crippen MR) is 94.7 cm³/mol. The zero-order valence-electron chi connectivity index (χ0n) is 12.9. The zero-order valence-corrected chi connectivity index (χ0v) is 13.7. The number of carboxylic acid groups (broad SMARTS) is 1. The van der Waals surface area contributed by atoms with Gasteiger partial charge in [0.05, 0.1) is 5.39 Å². The van der Waals surface area contributed by atoms with Gasteiger partial charge in [0.15, 0.2) is 0 Å². The number of hydrogen-bond donors (Lipinski definition) is 1. The molecular weight excluding hydrogens is 324 g/mol. The van der Waals surface area contributed by atoms with Crippen molar-refractivity contribution >= 4 is 33.5 Å². The number of anilines is 1. The lowest BCUT2D eigenvalue weighted by Gasteiger charge is -2.34. The molecule has 7 heteroatoms. The molecule has 1 aliphatic rings. The Morgan fingerprint density at radius 1 is 1.08 bits per heavy atom. The van der Waals surface area contributed by atoms with Crippen molar-refractivity contribution in [3.8, 4) is 10.4 Å². The standard InChI is InChI=1S/C17H16N4O2S/c22-17(23)21-8-6-20(7-9-21)15-13-10-14(12-4-2-1-3-5-12)24-16(13)19-11-18-15/h1-5,10-11H,6-9H2,(H,22,23). The summed E-state index contributed by atoms with van der Waals surface area (Å²) in [4.78, 5) is 25.6. The third-order valence-electron chi connectivity index (χ3n) is 4.22. The second-order valence-corrected chi connectivity index (χ2v) is 6.68. The fourth-order valence-electron chi connectivity index (χ4n) is 2.95. The highest BCUT2D eigenvalue weighted by molar-refractivity contribution is 7.21. The van der Waals surface area contributed by atoms with E-state index in [4.69, 9.17) is 5.11 Å². The van der Waals surface area contributed by atoms with Crippen molar-refractivity contribution in [3.63, 3.8) is 0 Å². The summed E-state index contributed by atoms with van der Waals surface area (Å²) >= 11 is 1.65. The highest BCUT2D eigenvalue weighted by Gasteiger charge is 2.23. The first-order valence-corrected chi connectivity index (χ1v) is 8.57. The first-order chi connectivity index (χ1) is 11.7. The number of piperazine rings is 1. The fourth-order valence-corrected chi connectivity index (χ4v) is 3.95. The van der Waals surface area contributed by atoms with Gasteiger partial charge in [0.1, 0.15) is 17.0 Å². The minimum Gasteiger partial charge on any atom is -0.465 e. The third kappa shape index (κ3) is 2.67. The number of thiophene rings is 1. The minimum atomic E-state index is -0.857. The lowest BCUT2D eigenvalue weighted by Crippen LogP contribution is -2.48. The van der Waals surface area contributed by atoms with Crippen molar-refractivity contribution in [2.45, 2.75) is 0 Å². The number of hydrogen-bond acceptors (Lipinski definition) is 5. The van der Waals surface area contributed by atoms with Crippen molar-refractivity contribution in [2.24, 2.45) is 0 Å². The van der Waals surface area contributed by atoms with Crippen LogP contribution in [0.2, 0.25) is 0 Å². The molecule has 1 N–H and O–H groups in total. The molecule has 0 atom stereocenters. The molecule has 0 unspecified atom stereocenters. The Morgan fingerprint density at radius 3 is 2.54 bits per heavy atom. The van der Waals surface area contributed by atoms with Gasteiger partial charge in [-0.25, -0.2) is 14.8 Å².